The Bertz CT molecular complexity index is 227. The minimum absolute atomic E-state index is 0.0153. The lowest BCUT2D eigenvalue weighted by atomic mass is 9.75. The fourth-order valence-corrected chi connectivity index (χ4v) is 3.06. The van der Waals surface area contributed by atoms with E-state index in [2.05, 4.69) is 25.7 Å². The molecule has 0 aromatic carbocycles. The van der Waals surface area contributed by atoms with Crippen molar-refractivity contribution >= 4 is 0 Å². The summed E-state index contributed by atoms with van der Waals surface area (Å²) in [7, 11) is 0. The lowest BCUT2D eigenvalue weighted by molar-refractivity contribution is -0.000332. The molecular weight excluding hydrogens is 198 g/mol. The predicted octanol–water partition coefficient (Wildman–Crippen LogP) is 2.52. The van der Waals surface area contributed by atoms with Crippen molar-refractivity contribution in [2.24, 2.45) is 17.3 Å². The first kappa shape index (κ1) is 12.4. The third-order valence-electron chi connectivity index (χ3n) is 4.45. The van der Waals surface area contributed by atoms with Crippen LogP contribution in [0.25, 0.3) is 0 Å². The van der Waals surface area contributed by atoms with E-state index < -0.39 is 0 Å². The van der Waals surface area contributed by atoms with Gasteiger partial charge in [0, 0.05) is 19.6 Å². The summed E-state index contributed by atoms with van der Waals surface area (Å²) in [5.41, 5.74) is 0.475. The fourth-order valence-electron chi connectivity index (χ4n) is 3.06. The van der Waals surface area contributed by atoms with E-state index in [0.717, 1.165) is 24.7 Å². The van der Waals surface area contributed by atoms with Crippen molar-refractivity contribution < 1.29 is 5.11 Å². The molecule has 16 heavy (non-hydrogen) atoms. The Kier molecular flexibility index (Phi) is 3.60. The third-order valence-corrected chi connectivity index (χ3v) is 4.45. The van der Waals surface area contributed by atoms with Crippen molar-refractivity contribution in [2.75, 3.05) is 19.6 Å². The highest BCUT2D eigenvalue weighted by molar-refractivity contribution is 4.89. The molecule has 2 nitrogen and oxygen atoms in total. The van der Waals surface area contributed by atoms with Gasteiger partial charge in [-0.05, 0) is 36.5 Å². The molecule has 94 valence electrons. The van der Waals surface area contributed by atoms with E-state index in [0.29, 0.717) is 5.41 Å². The SMILES string of the molecule is CC(C)(C)C1CN(CC2CCCC(O)C2)C1. The van der Waals surface area contributed by atoms with E-state index in [9.17, 15) is 5.11 Å². The molecule has 2 atom stereocenters. The van der Waals surface area contributed by atoms with E-state index in [4.69, 9.17) is 0 Å². The van der Waals surface area contributed by atoms with Crippen LogP contribution in [0.15, 0.2) is 0 Å². The maximum absolute atomic E-state index is 9.65. The summed E-state index contributed by atoms with van der Waals surface area (Å²) >= 11 is 0. The molecule has 2 unspecified atom stereocenters. The average Bonchev–Trinajstić information content (AvgIpc) is 2.08. The van der Waals surface area contributed by atoms with Crippen LogP contribution in [0.4, 0.5) is 0 Å². The molecule has 0 amide bonds. The van der Waals surface area contributed by atoms with Gasteiger partial charge < -0.3 is 10.0 Å². The molecule has 2 fully saturated rings. The van der Waals surface area contributed by atoms with E-state index in [1.807, 2.05) is 0 Å². The van der Waals surface area contributed by atoms with Crippen LogP contribution >= 0.6 is 0 Å². The van der Waals surface area contributed by atoms with Crippen molar-refractivity contribution in [1.82, 2.24) is 4.90 Å². The van der Waals surface area contributed by atoms with E-state index >= 15 is 0 Å². The summed E-state index contributed by atoms with van der Waals surface area (Å²) in [6.07, 6.45) is 4.60. The normalized spacial score (nSPS) is 33.8. The summed E-state index contributed by atoms with van der Waals surface area (Å²) < 4.78 is 0. The van der Waals surface area contributed by atoms with Crippen molar-refractivity contribution in [3.63, 3.8) is 0 Å². The van der Waals surface area contributed by atoms with Gasteiger partial charge in [-0.25, -0.2) is 0 Å². The molecule has 1 saturated carbocycles. The summed E-state index contributed by atoms with van der Waals surface area (Å²) in [6.45, 7) is 10.8. The minimum Gasteiger partial charge on any atom is -0.393 e. The van der Waals surface area contributed by atoms with Crippen LogP contribution in [0.1, 0.15) is 46.5 Å². The van der Waals surface area contributed by atoms with Gasteiger partial charge in [0.2, 0.25) is 0 Å². The van der Waals surface area contributed by atoms with Gasteiger partial charge in [0.05, 0.1) is 6.10 Å². The van der Waals surface area contributed by atoms with Crippen LogP contribution in [-0.2, 0) is 0 Å². The molecule has 1 aliphatic heterocycles. The van der Waals surface area contributed by atoms with Crippen molar-refractivity contribution in [1.29, 1.82) is 0 Å². The second-order valence-corrected chi connectivity index (χ2v) is 6.97. The van der Waals surface area contributed by atoms with E-state index in [1.165, 1.54) is 32.5 Å². The lowest BCUT2D eigenvalue weighted by Gasteiger charge is -2.48. The van der Waals surface area contributed by atoms with Crippen LogP contribution in [-0.4, -0.2) is 35.7 Å². The molecule has 0 aromatic heterocycles. The van der Waals surface area contributed by atoms with Gasteiger partial charge >= 0.3 is 0 Å². The van der Waals surface area contributed by atoms with Crippen LogP contribution in [0.2, 0.25) is 0 Å². The zero-order valence-electron chi connectivity index (χ0n) is 11.1. The first-order valence-corrected chi connectivity index (χ1v) is 6.85. The summed E-state index contributed by atoms with van der Waals surface area (Å²) in [4.78, 5) is 2.58. The van der Waals surface area contributed by atoms with Gasteiger partial charge in [-0.15, -0.1) is 0 Å². The monoisotopic (exact) mass is 225 g/mol. The molecule has 2 aliphatic rings. The van der Waals surface area contributed by atoms with Gasteiger partial charge in [0.25, 0.3) is 0 Å². The van der Waals surface area contributed by atoms with Crippen LogP contribution in [0.3, 0.4) is 0 Å². The number of aliphatic hydroxyl groups excluding tert-OH is 1. The number of likely N-dealkylation sites (tertiary alicyclic amines) is 1. The Labute approximate surface area is 100 Å². The number of hydrogen-bond donors (Lipinski definition) is 1. The van der Waals surface area contributed by atoms with Gasteiger partial charge in [-0.2, -0.15) is 0 Å². The predicted molar refractivity (Wildman–Crippen MR) is 67.3 cm³/mol. The molecule has 2 rings (SSSR count). The summed E-state index contributed by atoms with van der Waals surface area (Å²) in [5, 5.41) is 9.65. The van der Waals surface area contributed by atoms with Crippen molar-refractivity contribution in [3.8, 4) is 0 Å². The Hall–Kier alpha value is -0.0800. The van der Waals surface area contributed by atoms with E-state index in [-0.39, 0.29) is 6.10 Å². The van der Waals surface area contributed by atoms with Gasteiger partial charge in [-0.3, -0.25) is 0 Å². The van der Waals surface area contributed by atoms with Crippen LogP contribution in [0, 0.1) is 17.3 Å². The smallest absolute Gasteiger partial charge is 0.0543 e. The van der Waals surface area contributed by atoms with Crippen LogP contribution < -0.4 is 0 Å². The maximum Gasteiger partial charge on any atom is 0.0543 e. The zero-order chi connectivity index (χ0) is 11.8. The standard InChI is InChI=1S/C14H27NO/c1-14(2,3)12-9-15(10-12)8-11-5-4-6-13(16)7-11/h11-13,16H,4-10H2,1-3H3. The van der Waals surface area contributed by atoms with Crippen molar-refractivity contribution in [2.45, 2.75) is 52.6 Å². The first-order valence-electron chi connectivity index (χ1n) is 6.85. The van der Waals surface area contributed by atoms with Crippen LogP contribution in [0.5, 0.6) is 0 Å². The minimum atomic E-state index is -0.0153. The van der Waals surface area contributed by atoms with E-state index in [1.54, 1.807) is 0 Å². The van der Waals surface area contributed by atoms with Gasteiger partial charge in [0.1, 0.15) is 0 Å². The quantitative estimate of drug-likeness (QED) is 0.780. The summed E-state index contributed by atoms with van der Waals surface area (Å²) in [5.74, 6) is 1.63. The highest BCUT2D eigenvalue weighted by Crippen LogP contribution is 2.35. The van der Waals surface area contributed by atoms with Gasteiger partial charge in [-0.1, -0.05) is 27.2 Å². The zero-order valence-corrected chi connectivity index (χ0v) is 11.1. The second-order valence-electron chi connectivity index (χ2n) is 6.97. The highest BCUT2D eigenvalue weighted by Gasteiger charge is 2.36. The molecular formula is C14H27NO. The Morgan fingerprint density at radius 3 is 2.44 bits per heavy atom. The number of aliphatic hydroxyl groups is 1. The largest absolute Gasteiger partial charge is 0.393 e. The highest BCUT2D eigenvalue weighted by atomic mass is 16.3. The molecule has 2 heteroatoms. The maximum atomic E-state index is 9.65. The molecule has 1 aliphatic carbocycles. The molecule has 0 aromatic rings. The number of rotatable bonds is 2. The third kappa shape index (κ3) is 2.98. The van der Waals surface area contributed by atoms with Gasteiger partial charge in [0.15, 0.2) is 0 Å². The molecule has 0 bridgehead atoms. The molecule has 1 N–H and O–H groups in total. The average molecular weight is 225 g/mol. The number of hydrogen-bond acceptors (Lipinski definition) is 2. The lowest BCUT2D eigenvalue weighted by Crippen LogP contribution is -2.53. The topological polar surface area (TPSA) is 23.5 Å². The second kappa shape index (κ2) is 4.66. The first-order chi connectivity index (χ1) is 7.45. The molecule has 1 saturated heterocycles. The Morgan fingerprint density at radius 1 is 1.19 bits per heavy atom. The Morgan fingerprint density at radius 2 is 1.88 bits per heavy atom. The molecule has 0 spiro atoms. The molecule has 1 heterocycles. The summed E-state index contributed by atoms with van der Waals surface area (Å²) in [6, 6.07) is 0. The van der Waals surface area contributed by atoms with Crippen molar-refractivity contribution in [3.05, 3.63) is 0 Å². The molecule has 0 radical (unpaired) electrons. The fraction of sp³-hybridized carbons (Fsp3) is 1.00. The number of nitrogens with zero attached hydrogens (tertiary/aromatic N) is 1. The Balaban J connectivity index is 1.69.